The van der Waals surface area contributed by atoms with Crippen molar-refractivity contribution in [3.05, 3.63) is 24.0 Å². The van der Waals surface area contributed by atoms with Crippen molar-refractivity contribution < 1.29 is 9.84 Å². The summed E-state index contributed by atoms with van der Waals surface area (Å²) in [6.45, 7) is 2.16. The fraction of sp³-hybridized carbons (Fsp3) is 0.643. The van der Waals surface area contributed by atoms with E-state index in [4.69, 9.17) is 9.84 Å². The highest BCUT2D eigenvalue weighted by molar-refractivity contribution is 5.24. The summed E-state index contributed by atoms with van der Waals surface area (Å²) in [7, 11) is 0. The normalized spacial score (nSPS) is 29.7. The van der Waals surface area contributed by atoms with Gasteiger partial charge in [0.15, 0.2) is 0 Å². The molecule has 2 N–H and O–H groups in total. The zero-order chi connectivity index (χ0) is 12.4. The van der Waals surface area contributed by atoms with Gasteiger partial charge in [0.1, 0.15) is 12.4 Å². The zero-order valence-electron chi connectivity index (χ0n) is 10.5. The van der Waals surface area contributed by atoms with Crippen LogP contribution in [0, 0.1) is 11.8 Å². The lowest BCUT2D eigenvalue weighted by Gasteiger charge is -2.27. The number of nitrogens with zero attached hydrogens (tertiary/aromatic N) is 1. The van der Waals surface area contributed by atoms with E-state index in [1.165, 1.54) is 12.0 Å². The second kappa shape index (κ2) is 5.24. The maximum atomic E-state index is 9.04. The van der Waals surface area contributed by atoms with Gasteiger partial charge in [0, 0.05) is 18.8 Å². The molecule has 4 heteroatoms. The SMILES string of the molecule is OC[C@H]1C[C@H]1Cc1cncc(OC[C@@H]2CCN2)c1. The van der Waals surface area contributed by atoms with E-state index in [2.05, 4.69) is 16.4 Å². The molecular formula is C14H20N2O2. The molecule has 1 aliphatic carbocycles. The van der Waals surface area contributed by atoms with Crippen molar-refractivity contribution in [3.8, 4) is 5.75 Å². The number of aliphatic hydroxyl groups excluding tert-OH is 1. The highest BCUT2D eigenvalue weighted by Crippen LogP contribution is 2.40. The number of aromatic nitrogens is 1. The van der Waals surface area contributed by atoms with Crippen LogP contribution in [0.2, 0.25) is 0 Å². The van der Waals surface area contributed by atoms with Gasteiger partial charge < -0.3 is 15.2 Å². The summed E-state index contributed by atoms with van der Waals surface area (Å²) < 4.78 is 5.73. The molecule has 2 aliphatic rings. The molecule has 0 aromatic carbocycles. The van der Waals surface area contributed by atoms with E-state index < -0.39 is 0 Å². The Hall–Kier alpha value is -1.13. The first kappa shape index (κ1) is 11.9. The Balaban J connectivity index is 1.51. The summed E-state index contributed by atoms with van der Waals surface area (Å²) in [5.74, 6) is 2.01. The van der Waals surface area contributed by atoms with Gasteiger partial charge in [-0.2, -0.15) is 0 Å². The first-order valence-electron chi connectivity index (χ1n) is 6.76. The predicted octanol–water partition coefficient (Wildman–Crippen LogP) is 0.993. The van der Waals surface area contributed by atoms with Gasteiger partial charge in [-0.3, -0.25) is 4.98 Å². The van der Waals surface area contributed by atoms with Crippen LogP contribution in [0.3, 0.4) is 0 Å². The molecule has 1 saturated carbocycles. The third-order valence-electron chi connectivity index (χ3n) is 3.95. The zero-order valence-corrected chi connectivity index (χ0v) is 10.5. The van der Waals surface area contributed by atoms with Crippen LogP contribution in [0.15, 0.2) is 18.5 Å². The third-order valence-corrected chi connectivity index (χ3v) is 3.95. The van der Waals surface area contributed by atoms with Gasteiger partial charge in [-0.15, -0.1) is 0 Å². The lowest BCUT2D eigenvalue weighted by molar-refractivity contribution is 0.216. The van der Waals surface area contributed by atoms with Crippen molar-refractivity contribution in [2.24, 2.45) is 11.8 Å². The van der Waals surface area contributed by atoms with Gasteiger partial charge in [0.05, 0.1) is 6.20 Å². The largest absolute Gasteiger partial charge is 0.490 e. The Bertz CT molecular complexity index is 407. The van der Waals surface area contributed by atoms with E-state index >= 15 is 0 Å². The van der Waals surface area contributed by atoms with Crippen molar-refractivity contribution >= 4 is 0 Å². The quantitative estimate of drug-likeness (QED) is 0.788. The predicted molar refractivity (Wildman–Crippen MR) is 68.5 cm³/mol. The van der Waals surface area contributed by atoms with Crippen molar-refractivity contribution in [3.63, 3.8) is 0 Å². The molecule has 0 radical (unpaired) electrons. The molecule has 0 unspecified atom stereocenters. The van der Waals surface area contributed by atoms with Gasteiger partial charge in [0.25, 0.3) is 0 Å². The van der Waals surface area contributed by atoms with E-state index in [1.54, 1.807) is 6.20 Å². The van der Waals surface area contributed by atoms with Crippen molar-refractivity contribution in [1.82, 2.24) is 10.3 Å². The van der Waals surface area contributed by atoms with Crippen LogP contribution in [0.25, 0.3) is 0 Å². The molecule has 1 saturated heterocycles. The summed E-state index contributed by atoms with van der Waals surface area (Å²) in [5, 5.41) is 12.4. The van der Waals surface area contributed by atoms with E-state index in [9.17, 15) is 0 Å². The minimum absolute atomic E-state index is 0.321. The minimum Gasteiger partial charge on any atom is -0.490 e. The Kier molecular flexibility index (Phi) is 3.48. The van der Waals surface area contributed by atoms with Crippen LogP contribution < -0.4 is 10.1 Å². The second-order valence-electron chi connectivity index (χ2n) is 5.42. The Morgan fingerprint density at radius 3 is 2.94 bits per heavy atom. The Labute approximate surface area is 107 Å². The van der Waals surface area contributed by atoms with Crippen LogP contribution in [-0.4, -0.2) is 35.9 Å². The van der Waals surface area contributed by atoms with Gasteiger partial charge in [0.2, 0.25) is 0 Å². The van der Waals surface area contributed by atoms with Gasteiger partial charge >= 0.3 is 0 Å². The number of aliphatic hydroxyl groups is 1. The van der Waals surface area contributed by atoms with Crippen LogP contribution in [0.5, 0.6) is 5.75 Å². The van der Waals surface area contributed by atoms with E-state index in [-0.39, 0.29) is 0 Å². The molecule has 2 heterocycles. The Morgan fingerprint density at radius 1 is 1.39 bits per heavy atom. The van der Waals surface area contributed by atoms with E-state index in [1.807, 2.05) is 6.20 Å². The second-order valence-corrected chi connectivity index (χ2v) is 5.42. The molecular weight excluding hydrogens is 228 g/mol. The first-order chi connectivity index (χ1) is 8.85. The number of ether oxygens (including phenoxy) is 1. The molecule has 1 aromatic heterocycles. The molecule has 18 heavy (non-hydrogen) atoms. The molecule has 4 nitrogen and oxygen atoms in total. The fourth-order valence-electron chi connectivity index (χ4n) is 2.43. The highest BCUT2D eigenvalue weighted by atomic mass is 16.5. The van der Waals surface area contributed by atoms with Gasteiger partial charge in [-0.1, -0.05) is 0 Å². The summed E-state index contributed by atoms with van der Waals surface area (Å²) >= 11 is 0. The van der Waals surface area contributed by atoms with Crippen LogP contribution in [0.1, 0.15) is 18.4 Å². The number of pyridine rings is 1. The van der Waals surface area contributed by atoms with Crippen molar-refractivity contribution in [2.45, 2.75) is 25.3 Å². The number of nitrogens with one attached hydrogen (secondary N) is 1. The summed E-state index contributed by atoms with van der Waals surface area (Å²) in [4.78, 5) is 4.23. The molecule has 3 rings (SSSR count). The molecule has 0 bridgehead atoms. The summed E-state index contributed by atoms with van der Waals surface area (Å²) in [6, 6.07) is 2.59. The van der Waals surface area contributed by atoms with Crippen LogP contribution in [-0.2, 0) is 6.42 Å². The maximum Gasteiger partial charge on any atom is 0.137 e. The lowest BCUT2D eigenvalue weighted by Crippen LogP contribution is -2.46. The van der Waals surface area contributed by atoms with Gasteiger partial charge in [-0.25, -0.2) is 0 Å². The van der Waals surface area contributed by atoms with E-state index in [0.29, 0.717) is 24.5 Å². The fourth-order valence-corrected chi connectivity index (χ4v) is 2.43. The molecule has 0 amide bonds. The molecule has 3 atom stereocenters. The third kappa shape index (κ3) is 2.82. The van der Waals surface area contributed by atoms with Crippen molar-refractivity contribution in [1.29, 1.82) is 0 Å². The molecule has 2 fully saturated rings. The molecule has 1 aromatic rings. The summed E-state index contributed by atoms with van der Waals surface area (Å²) in [5.41, 5.74) is 1.22. The average Bonchev–Trinajstić information content (AvgIpc) is 3.06. The molecule has 1 aliphatic heterocycles. The highest BCUT2D eigenvalue weighted by Gasteiger charge is 2.36. The number of rotatable bonds is 6. The average molecular weight is 248 g/mol. The summed E-state index contributed by atoms with van der Waals surface area (Å²) in [6.07, 6.45) is 7.04. The standard InChI is InChI=1S/C14H20N2O2/c17-8-12-5-11(12)3-10-4-14(7-15-6-10)18-9-13-1-2-16-13/h4,6-7,11-13,16-17H,1-3,5,8-9H2/t11-,12-,13+/m1/s1. The van der Waals surface area contributed by atoms with Crippen LogP contribution >= 0.6 is 0 Å². The topological polar surface area (TPSA) is 54.4 Å². The maximum absolute atomic E-state index is 9.04. The molecule has 98 valence electrons. The number of hydrogen-bond donors (Lipinski definition) is 2. The van der Waals surface area contributed by atoms with E-state index in [0.717, 1.165) is 31.7 Å². The lowest BCUT2D eigenvalue weighted by atomic mass is 10.1. The number of hydrogen-bond acceptors (Lipinski definition) is 4. The van der Waals surface area contributed by atoms with Crippen LogP contribution in [0.4, 0.5) is 0 Å². The Morgan fingerprint density at radius 2 is 2.28 bits per heavy atom. The monoisotopic (exact) mass is 248 g/mol. The molecule has 0 spiro atoms. The smallest absolute Gasteiger partial charge is 0.137 e. The van der Waals surface area contributed by atoms with Gasteiger partial charge in [-0.05, 0) is 49.3 Å². The minimum atomic E-state index is 0.321. The first-order valence-corrected chi connectivity index (χ1v) is 6.76. The van der Waals surface area contributed by atoms with Crippen molar-refractivity contribution in [2.75, 3.05) is 19.8 Å².